The molecule has 2 N–H and O–H groups in total. The van der Waals surface area contributed by atoms with E-state index in [9.17, 15) is 18.3 Å². The number of hydrogen-bond acceptors (Lipinski definition) is 7. The van der Waals surface area contributed by atoms with Crippen LogP contribution in [-0.4, -0.2) is 36.5 Å². The van der Waals surface area contributed by atoms with Crippen LogP contribution in [0.2, 0.25) is 0 Å². The van der Waals surface area contributed by atoms with E-state index >= 15 is 0 Å². The highest BCUT2D eigenvalue weighted by molar-refractivity contribution is 7.92. The minimum Gasteiger partial charge on any atom is -0.508 e. The summed E-state index contributed by atoms with van der Waals surface area (Å²) in [7, 11) is -3.93. The molecular formula is C16H18N2O5S. The van der Waals surface area contributed by atoms with E-state index in [0.717, 1.165) is 6.07 Å². The maximum atomic E-state index is 12.8. The molecule has 0 fully saturated rings. The number of nitrogens with zero attached hydrogens (tertiary/aromatic N) is 1. The zero-order chi connectivity index (χ0) is 17.6. The summed E-state index contributed by atoms with van der Waals surface area (Å²) in [6.45, 7) is 1.80. The molecule has 0 radical (unpaired) electrons. The van der Waals surface area contributed by atoms with Crippen molar-refractivity contribution in [3.05, 3.63) is 48.8 Å². The molecule has 0 saturated heterocycles. The number of phenolic OH excluding ortho intramolecular Hbond substituents is 1. The molecule has 0 spiro atoms. The van der Waals surface area contributed by atoms with Crippen LogP contribution in [0.15, 0.2) is 53.7 Å². The fraction of sp³-hybridized carbons (Fsp3) is 0.250. The monoisotopic (exact) mass is 350 g/mol. The van der Waals surface area contributed by atoms with Crippen LogP contribution in [-0.2, 0) is 19.4 Å². The summed E-state index contributed by atoms with van der Waals surface area (Å²) < 4.78 is 30.5. The third kappa shape index (κ3) is 4.45. The summed E-state index contributed by atoms with van der Waals surface area (Å²) in [6.07, 6.45) is 2.63. The minimum atomic E-state index is -3.93. The van der Waals surface area contributed by atoms with Crippen LogP contribution in [0.3, 0.4) is 0 Å². The average molecular weight is 350 g/mol. The first-order valence-corrected chi connectivity index (χ1v) is 8.83. The van der Waals surface area contributed by atoms with E-state index in [1.165, 1.54) is 24.4 Å². The number of benzene rings is 1. The number of nitrogens with one attached hydrogen (secondary N) is 1. The van der Waals surface area contributed by atoms with Gasteiger partial charge in [0.15, 0.2) is 9.84 Å². The van der Waals surface area contributed by atoms with Crippen molar-refractivity contribution in [2.45, 2.75) is 23.6 Å². The fourth-order valence-corrected chi connectivity index (χ4v) is 3.60. The Hall–Kier alpha value is -2.61. The van der Waals surface area contributed by atoms with Crippen molar-refractivity contribution in [3.63, 3.8) is 0 Å². The Bertz CT molecular complexity index is 793. The zero-order valence-corrected chi connectivity index (χ0v) is 13.9. The number of ether oxygens (including phenoxy) is 1. The zero-order valence-electron chi connectivity index (χ0n) is 13.0. The Morgan fingerprint density at radius 1 is 1.33 bits per heavy atom. The van der Waals surface area contributed by atoms with E-state index < -0.39 is 21.2 Å². The molecule has 0 saturated carbocycles. The number of pyridine rings is 1. The van der Waals surface area contributed by atoms with Gasteiger partial charge in [-0.25, -0.2) is 8.42 Å². The van der Waals surface area contributed by atoms with Gasteiger partial charge in [-0.15, -0.1) is 0 Å². The van der Waals surface area contributed by atoms with Crippen LogP contribution >= 0.6 is 0 Å². The van der Waals surface area contributed by atoms with Crippen LogP contribution in [0.4, 0.5) is 5.69 Å². The van der Waals surface area contributed by atoms with Gasteiger partial charge in [-0.05, 0) is 37.3 Å². The summed E-state index contributed by atoms with van der Waals surface area (Å²) in [5, 5.41) is 11.1. The summed E-state index contributed by atoms with van der Waals surface area (Å²) in [4.78, 5) is 15.6. The van der Waals surface area contributed by atoms with Gasteiger partial charge in [0.1, 0.15) is 11.1 Å². The van der Waals surface area contributed by atoms with Gasteiger partial charge in [-0.1, -0.05) is 6.07 Å². The van der Waals surface area contributed by atoms with Crippen LogP contribution in [0.5, 0.6) is 5.75 Å². The standard InChI is InChI=1S/C16H18N2O5S/c1-2-23-16(20)10-15(18-12-5-4-8-17-11-12)24(21,22)14-7-3-6-13(19)9-14/h3-9,11,15,18-19H,2,10H2,1H3. The lowest BCUT2D eigenvalue weighted by atomic mass is 10.3. The van der Waals surface area contributed by atoms with Crippen molar-refractivity contribution in [3.8, 4) is 5.75 Å². The number of aromatic nitrogens is 1. The number of hydrogen-bond donors (Lipinski definition) is 2. The van der Waals surface area contributed by atoms with Crippen LogP contribution in [0.25, 0.3) is 0 Å². The molecular weight excluding hydrogens is 332 g/mol. The van der Waals surface area contributed by atoms with Crippen molar-refractivity contribution in [2.24, 2.45) is 0 Å². The number of phenols is 1. The van der Waals surface area contributed by atoms with Crippen molar-refractivity contribution in [1.82, 2.24) is 4.98 Å². The highest BCUT2D eigenvalue weighted by Gasteiger charge is 2.30. The third-order valence-electron chi connectivity index (χ3n) is 3.17. The van der Waals surface area contributed by atoms with Gasteiger partial charge < -0.3 is 15.2 Å². The first-order chi connectivity index (χ1) is 11.4. The van der Waals surface area contributed by atoms with Crippen molar-refractivity contribution < 1.29 is 23.1 Å². The number of esters is 1. The first kappa shape index (κ1) is 17.7. The molecule has 128 valence electrons. The second kappa shape index (κ2) is 7.78. The number of sulfone groups is 1. The predicted octanol–water partition coefficient (Wildman–Crippen LogP) is 1.95. The first-order valence-electron chi connectivity index (χ1n) is 7.28. The van der Waals surface area contributed by atoms with Gasteiger partial charge >= 0.3 is 5.97 Å². The lowest BCUT2D eigenvalue weighted by Gasteiger charge is -2.19. The van der Waals surface area contributed by atoms with E-state index in [-0.39, 0.29) is 23.7 Å². The number of aromatic hydroxyl groups is 1. The van der Waals surface area contributed by atoms with Gasteiger partial charge in [0.05, 0.1) is 23.6 Å². The highest BCUT2D eigenvalue weighted by atomic mass is 32.2. The Balaban J connectivity index is 2.34. The van der Waals surface area contributed by atoms with E-state index in [1.54, 1.807) is 25.3 Å². The maximum absolute atomic E-state index is 12.8. The number of carbonyl (C=O) groups is 1. The lowest BCUT2D eigenvalue weighted by molar-refractivity contribution is -0.143. The second-order valence-electron chi connectivity index (χ2n) is 4.93. The SMILES string of the molecule is CCOC(=O)CC(Nc1cccnc1)S(=O)(=O)c1cccc(O)c1. The molecule has 2 rings (SSSR count). The van der Waals surface area contributed by atoms with E-state index in [1.807, 2.05) is 0 Å². The molecule has 1 aromatic carbocycles. The van der Waals surface area contributed by atoms with Crippen LogP contribution in [0.1, 0.15) is 13.3 Å². The molecule has 1 heterocycles. The van der Waals surface area contributed by atoms with Gasteiger partial charge in [0.25, 0.3) is 0 Å². The molecule has 0 aliphatic heterocycles. The summed E-state index contributed by atoms with van der Waals surface area (Å²) in [5.41, 5.74) is 0.454. The molecule has 7 nitrogen and oxygen atoms in total. The minimum absolute atomic E-state index is 0.0896. The molecule has 0 bridgehead atoms. The fourth-order valence-electron chi connectivity index (χ4n) is 2.07. The molecule has 2 aromatic rings. The van der Waals surface area contributed by atoms with E-state index in [4.69, 9.17) is 4.74 Å². The quantitative estimate of drug-likeness (QED) is 0.735. The molecule has 24 heavy (non-hydrogen) atoms. The van der Waals surface area contributed by atoms with Gasteiger partial charge in [0, 0.05) is 12.4 Å². The van der Waals surface area contributed by atoms with Crippen LogP contribution < -0.4 is 5.32 Å². The van der Waals surface area contributed by atoms with Gasteiger partial charge in [-0.3, -0.25) is 9.78 Å². The summed E-state index contributed by atoms with van der Waals surface area (Å²) >= 11 is 0. The molecule has 0 amide bonds. The van der Waals surface area contributed by atoms with Crippen molar-refractivity contribution in [1.29, 1.82) is 0 Å². The Morgan fingerprint density at radius 2 is 2.12 bits per heavy atom. The normalized spacial score (nSPS) is 12.4. The number of carbonyl (C=O) groups excluding carboxylic acids is 1. The smallest absolute Gasteiger partial charge is 0.308 e. The molecule has 1 unspecified atom stereocenters. The Labute approximate surface area is 140 Å². The number of rotatable bonds is 7. The maximum Gasteiger partial charge on any atom is 0.308 e. The lowest BCUT2D eigenvalue weighted by Crippen LogP contribution is -2.33. The van der Waals surface area contributed by atoms with Crippen molar-refractivity contribution >= 4 is 21.5 Å². The van der Waals surface area contributed by atoms with E-state index in [0.29, 0.717) is 5.69 Å². The van der Waals surface area contributed by atoms with Gasteiger partial charge in [0.2, 0.25) is 0 Å². The summed E-state index contributed by atoms with van der Waals surface area (Å²) in [5.74, 6) is -0.810. The van der Waals surface area contributed by atoms with Crippen molar-refractivity contribution in [2.75, 3.05) is 11.9 Å². The molecule has 8 heteroatoms. The molecule has 1 aromatic heterocycles. The third-order valence-corrected chi connectivity index (χ3v) is 5.11. The Kier molecular flexibility index (Phi) is 5.75. The number of anilines is 1. The molecule has 1 atom stereocenters. The predicted molar refractivity (Wildman–Crippen MR) is 88.2 cm³/mol. The largest absolute Gasteiger partial charge is 0.508 e. The summed E-state index contributed by atoms with van der Waals surface area (Å²) in [6, 6.07) is 8.58. The van der Waals surface area contributed by atoms with Gasteiger partial charge in [-0.2, -0.15) is 0 Å². The van der Waals surface area contributed by atoms with E-state index in [2.05, 4.69) is 10.3 Å². The van der Waals surface area contributed by atoms with Crippen LogP contribution in [0, 0.1) is 0 Å². The topological polar surface area (TPSA) is 106 Å². The second-order valence-corrected chi connectivity index (χ2v) is 7.06. The molecule has 0 aliphatic rings. The Morgan fingerprint density at radius 3 is 2.75 bits per heavy atom. The molecule has 0 aliphatic carbocycles. The highest BCUT2D eigenvalue weighted by Crippen LogP contribution is 2.23. The average Bonchev–Trinajstić information content (AvgIpc) is 2.55.